The van der Waals surface area contributed by atoms with Crippen molar-refractivity contribution in [3.05, 3.63) is 72.3 Å². The fourth-order valence-electron chi connectivity index (χ4n) is 5.59. The molecule has 2 heterocycles. The van der Waals surface area contributed by atoms with Crippen molar-refractivity contribution in [1.29, 1.82) is 0 Å². The largest absolute Gasteiger partial charge is 0.494 e. The summed E-state index contributed by atoms with van der Waals surface area (Å²) in [6.45, 7) is 12.0. The average molecular weight is 623 g/mol. The molecule has 2 amide bonds. The van der Waals surface area contributed by atoms with Crippen LogP contribution in [-0.2, 0) is 9.59 Å². The number of para-hydroxylation sites is 1. The van der Waals surface area contributed by atoms with Gasteiger partial charge in [-0.25, -0.2) is 14.4 Å². The highest BCUT2D eigenvalue weighted by Crippen LogP contribution is 2.19. The van der Waals surface area contributed by atoms with E-state index in [4.69, 9.17) is 14.9 Å². The molecule has 0 aliphatic carbocycles. The van der Waals surface area contributed by atoms with Gasteiger partial charge in [0.2, 0.25) is 0 Å². The summed E-state index contributed by atoms with van der Waals surface area (Å²) in [5.74, 6) is -1.64. The highest BCUT2D eigenvalue weighted by atomic mass is 16.5. The number of carbonyl (C=O) groups is 3. The molecule has 0 bridgehead atoms. The smallest absolute Gasteiger partial charge is 0.328 e. The van der Waals surface area contributed by atoms with Crippen LogP contribution in [0.15, 0.2) is 66.7 Å². The lowest BCUT2D eigenvalue weighted by Gasteiger charge is -2.32. The predicted molar refractivity (Wildman–Crippen MR) is 177 cm³/mol. The number of rotatable bonds is 16. The molecule has 2 saturated heterocycles. The van der Waals surface area contributed by atoms with Crippen molar-refractivity contribution in [3.63, 3.8) is 0 Å². The van der Waals surface area contributed by atoms with Crippen LogP contribution in [0.3, 0.4) is 0 Å². The number of likely N-dealkylation sites (tertiary alicyclic amines) is 2. The quantitative estimate of drug-likeness (QED) is 0.190. The molecule has 0 unspecified atom stereocenters. The number of aryl methyl sites for hydroxylation is 1. The lowest BCUT2D eigenvalue weighted by atomic mass is 10.2. The van der Waals surface area contributed by atoms with Crippen LogP contribution in [0.2, 0.25) is 0 Å². The molecule has 2 N–H and O–H groups in total. The van der Waals surface area contributed by atoms with Crippen LogP contribution < -0.4 is 9.64 Å². The van der Waals surface area contributed by atoms with Crippen LogP contribution in [0.25, 0.3) is 0 Å². The Morgan fingerprint density at radius 3 is 1.73 bits per heavy atom. The van der Waals surface area contributed by atoms with Gasteiger partial charge in [-0.1, -0.05) is 35.9 Å². The van der Waals surface area contributed by atoms with E-state index in [2.05, 4.69) is 45.9 Å². The highest BCUT2D eigenvalue weighted by molar-refractivity contribution is 5.92. The van der Waals surface area contributed by atoms with Gasteiger partial charge in [-0.2, -0.15) is 0 Å². The zero-order valence-corrected chi connectivity index (χ0v) is 26.7. The number of hydrogen-bond acceptors (Lipinski definition) is 6. The first-order chi connectivity index (χ1) is 21.8. The second-order valence-corrected chi connectivity index (χ2v) is 11.6. The number of carbonyl (C=O) groups excluding carboxylic acids is 1. The molecule has 2 aliphatic heterocycles. The summed E-state index contributed by atoms with van der Waals surface area (Å²) < 4.78 is 5.93. The van der Waals surface area contributed by atoms with Crippen LogP contribution in [0.4, 0.5) is 10.5 Å². The Morgan fingerprint density at radius 2 is 1.24 bits per heavy atom. The van der Waals surface area contributed by atoms with Crippen LogP contribution in [0.1, 0.15) is 50.5 Å². The fraction of sp³-hybridized carbons (Fsp3) is 0.514. The Hall–Kier alpha value is -3.89. The number of amides is 2. The number of nitrogens with zero attached hydrogens (tertiary/aromatic N) is 4. The first-order valence-corrected chi connectivity index (χ1v) is 16.2. The molecule has 10 heteroatoms. The number of hydrogen-bond donors (Lipinski definition) is 2. The maximum Gasteiger partial charge on any atom is 0.328 e. The monoisotopic (exact) mass is 622 g/mol. The molecular weight excluding hydrogens is 572 g/mol. The van der Waals surface area contributed by atoms with Crippen molar-refractivity contribution >= 4 is 23.7 Å². The van der Waals surface area contributed by atoms with Gasteiger partial charge < -0.3 is 29.6 Å². The molecule has 2 aliphatic rings. The zero-order valence-electron chi connectivity index (χ0n) is 26.7. The Labute approximate surface area is 267 Å². The summed E-state index contributed by atoms with van der Waals surface area (Å²) in [7, 11) is 0. The number of urea groups is 1. The maximum atomic E-state index is 14.0. The minimum atomic E-state index is -1.26. The van der Waals surface area contributed by atoms with E-state index in [1.54, 1.807) is 0 Å². The molecule has 45 heavy (non-hydrogen) atoms. The normalized spacial score (nSPS) is 15.0. The standard InChI is InChI=1S/C31H46N4O2.C4H4O4/c1-28-14-16-29(17-15-28)35(26-11-27-37-30-12-3-2-4-13-30)31(36)34(24-9-22-32-18-5-6-19-32)25-10-23-33-20-7-8-21-33;5-3(6)1-2-4(7)8/h2-4,12-17H,5-11,18-27H2,1H3;1-2H,(H,5,6)(H,7,8). The molecule has 0 atom stereocenters. The van der Waals surface area contributed by atoms with E-state index < -0.39 is 11.9 Å². The van der Waals surface area contributed by atoms with Crippen LogP contribution in [0, 0.1) is 6.92 Å². The predicted octanol–water partition coefficient (Wildman–Crippen LogP) is 5.38. The van der Waals surface area contributed by atoms with Gasteiger partial charge in [0, 0.05) is 37.5 Å². The third-order valence-corrected chi connectivity index (χ3v) is 7.96. The fourth-order valence-corrected chi connectivity index (χ4v) is 5.59. The molecule has 0 radical (unpaired) electrons. The van der Waals surface area contributed by atoms with E-state index in [0.717, 1.165) is 56.9 Å². The topological polar surface area (TPSA) is 114 Å². The van der Waals surface area contributed by atoms with Gasteiger partial charge in [0.25, 0.3) is 0 Å². The van der Waals surface area contributed by atoms with Gasteiger partial charge in [-0.15, -0.1) is 0 Å². The first kappa shape index (κ1) is 35.6. The summed E-state index contributed by atoms with van der Waals surface area (Å²) in [5, 5.41) is 15.6. The molecule has 246 valence electrons. The van der Waals surface area contributed by atoms with Gasteiger partial charge in [-0.05, 0) is 115 Å². The second kappa shape index (κ2) is 20.2. The van der Waals surface area contributed by atoms with E-state index in [1.165, 1.54) is 57.4 Å². The van der Waals surface area contributed by atoms with Crippen molar-refractivity contribution in [2.75, 3.05) is 70.4 Å². The Morgan fingerprint density at radius 1 is 0.733 bits per heavy atom. The number of aliphatic carboxylic acids is 2. The molecule has 2 aromatic carbocycles. The summed E-state index contributed by atoms with van der Waals surface area (Å²) in [5.41, 5.74) is 2.18. The van der Waals surface area contributed by atoms with E-state index in [0.29, 0.717) is 25.3 Å². The van der Waals surface area contributed by atoms with Gasteiger partial charge in [0.1, 0.15) is 5.75 Å². The number of carboxylic acids is 2. The first-order valence-electron chi connectivity index (χ1n) is 16.2. The lowest BCUT2D eigenvalue weighted by Crippen LogP contribution is -2.46. The molecule has 0 aromatic heterocycles. The second-order valence-electron chi connectivity index (χ2n) is 11.6. The third-order valence-electron chi connectivity index (χ3n) is 7.96. The van der Waals surface area contributed by atoms with Gasteiger partial charge in [0.05, 0.1) is 6.61 Å². The van der Waals surface area contributed by atoms with Crippen LogP contribution in [0.5, 0.6) is 5.75 Å². The van der Waals surface area contributed by atoms with Crippen molar-refractivity contribution in [1.82, 2.24) is 14.7 Å². The highest BCUT2D eigenvalue weighted by Gasteiger charge is 2.23. The SMILES string of the molecule is Cc1ccc(N(CCCOc2ccccc2)C(=O)N(CCCN2CCCC2)CCCN2CCCC2)cc1.O=C(O)C=CC(=O)O. The molecule has 10 nitrogen and oxygen atoms in total. The average Bonchev–Trinajstić information content (AvgIpc) is 3.76. The summed E-state index contributed by atoms with van der Waals surface area (Å²) in [6.07, 6.45) is 9.21. The Bertz CT molecular complexity index is 1140. The molecule has 2 aromatic rings. The maximum absolute atomic E-state index is 14.0. The van der Waals surface area contributed by atoms with Gasteiger partial charge in [-0.3, -0.25) is 4.90 Å². The Balaban J connectivity index is 0.000000610. The summed E-state index contributed by atoms with van der Waals surface area (Å²) in [4.78, 5) is 42.3. The third kappa shape index (κ3) is 14.2. The van der Waals surface area contributed by atoms with Crippen molar-refractivity contribution in [3.8, 4) is 5.75 Å². The lowest BCUT2D eigenvalue weighted by molar-refractivity contribution is -0.134. The van der Waals surface area contributed by atoms with Crippen molar-refractivity contribution in [2.24, 2.45) is 0 Å². The number of carboxylic acid groups (broad SMARTS) is 2. The Kier molecular flexibility index (Phi) is 16.0. The van der Waals surface area contributed by atoms with Crippen molar-refractivity contribution < 1.29 is 29.3 Å². The van der Waals surface area contributed by atoms with E-state index >= 15 is 0 Å². The van der Waals surface area contributed by atoms with Gasteiger partial charge in [0.15, 0.2) is 0 Å². The number of ether oxygens (including phenoxy) is 1. The minimum absolute atomic E-state index is 0.131. The molecule has 4 rings (SSSR count). The van der Waals surface area contributed by atoms with Crippen LogP contribution in [-0.4, -0.2) is 108 Å². The molecule has 0 spiro atoms. The summed E-state index contributed by atoms with van der Waals surface area (Å²) >= 11 is 0. The zero-order chi connectivity index (χ0) is 32.3. The van der Waals surface area contributed by atoms with E-state index in [-0.39, 0.29) is 6.03 Å². The van der Waals surface area contributed by atoms with E-state index in [9.17, 15) is 14.4 Å². The number of benzene rings is 2. The minimum Gasteiger partial charge on any atom is -0.494 e. The van der Waals surface area contributed by atoms with E-state index in [1.807, 2.05) is 35.2 Å². The summed E-state index contributed by atoms with van der Waals surface area (Å²) in [6, 6.07) is 18.4. The van der Waals surface area contributed by atoms with Crippen molar-refractivity contribution in [2.45, 2.75) is 51.9 Å². The van der Waals surface area contributed by atoms with Crippen LogP contribution >= 0.6 is 0 Å². The number of anilines is 1. The van der Waals surface area contributed by atoms with Gasteiger partial charge >= 0.3 is 18.0 Å². The molecule has 2 fully saturated rings. The molecule has 0 saturated carbocycles. The molecular formula is C35H50N4O6.